The van der Waals surface area contributed by atoms with E-state index in [-0.39, 0.29) is 5.91 Å². The highest BCUT2D eigenvalue weighted by atomic mass is 16.5. The van der Waals surface area contributed by atoms with Crippen LogP contribution >= 0.6 is 0 Å². The van der Waals surface area contributed by atoms with Crippen LogP contribution < -0.4 is 19.1 Å². The van der Waals surface area contributed by atoms with Crippen LogP contribution in [0.3, 0.4) is 0 Å². The lowest BCUT2D eigenvalue weighted by Gasteiger charge is -2.35. The van der Waals surface area contributed by atoms with E-state index in [1.54, 1.807) is 33.5 Å². The molecule has 3 aromatic rings. The molecule has 0 aliphatic carbocycles. The highest BCUT2D eigenvalue weighted by molar-refractivity contribution is 5.92. The van der Waals surface area contributed by atoms with Gasteiger partial charge in [-0.25, -0.2) is 4.98 Å². The van der Waals surface area contributed by atoms with Crippen molar-refractivity contribution < 1.29 is 19.0 Å². The molecule has 0 N–H and O–H groups in total. The zero-order valence-electron chi connectivity index (χ0n) is 18.6. The number of carbonyl (C=O) groups excluding carboxylic acids is 1. The first kappa shape index (κ1) is 21.5. The molecule has 1 aromatic heterocycles. The maximum atomic E-state index is 12.7. The second kappa shape index (κ2) is 9.60. The third kappa shape index (κ3) is 4.46. The van der Waals surface area contributed by atoms with Crippen molar-refractivity contribution in [2.45, 2.75) is 0 Å². The summed E-state index contributed by atoms with van der Waals surface area (Å²) in [6.07, 6.45) is 3.36. The SMILES string of the molecule is COc1cc(/C=C/C(=O)N2CCN(c3ccc4ccccc4n3)CC2)cc(OC)c1OC. The van der Waals surface area contributed by atoms with Crippen molar-refractivity contribution in [3.8, 4) is 17.2 Å². The van der Waals surface area contributed by atoms with Gasteiger partial charge in [-0.1, -0.05) is 18.2 Å². The van der Waals surface area contributed by atoms with E-state index >= 15 is 0 Å². The highest BCUT2D eigenvalue weighted by Gasteiger charge is 2.21. The standard InChI is InChI=1S/C25H27N3O4/c1-30-21-16-18(17-22(31-2)25(21)32-3)8-11-24(29)28-14-12-27(13-15-28)23-10-9-19-6-4-5-7-20(19)26-23/h4-11,16-17H,12-15H2,1-3H3/b11-8+. The minimum atomic E-state index is -0.0233. The number of rotatable bonds is 6. The van der Waals surface area contributed by atoms with E-state index in [0.29, 0.717) is 30.3 Å². The molecule has 1 fully saturated rings. The van der Waals surface area contributed by atoms with Gasteiger partial charge < -0.3 is 24.0 Å². The predicted molar refractivity (Wildman–Crippen MR) is 126 cm³/mol. The Kier molecular flexibility index (Phi) is 6.44. The van der Waals surface area contributed by atoms with Gasteiger partial charge in [0.15, 0.2) is 11.5 Å². The highest BCUT2D eigenvalue weighted by Crippen LogP contribution is 2.38. The molecule has 4 rings (SSSR count). The molecule has 32 heavy (non-hydrogen) atoms. The molecule has 7 heteroatoms. The van der Waals surface area contributed by atoms with Crippen LogP contribution in [0.5, 0.6) is 17.2 Å². The van der Waals surface area contributed by atoms with E-state index in [4.69, 9.17) is 19.2 Å². The lowest BCUT2D eigenvalue weighted by atomic mass is 10.1. The van der Waals surface area contributed by atoms with Gasteiger partial charge >= 0.3 is 0 Å². The number of fused-ring (bicyclic) bond motifs is 1. The lowest BCUT2D eigenvalue weighted by molar-refractivity contribution is -0.126. The molecule has 1 saturated heterocycles. The number of nitrogens with zero attached hydrogens (tertiary/aromatic N) is 3. The third-order valence-corrected chi connectivity index (χ3v) is 5.60. The fraction of sp³-hybridized carbons (Fsp3) is 0.280. The summed E-state index contributed by atoms with van der Waals surface area (Å²) in [6.45, 7) is 2.78. The maximum Gasteiger partial charge on any atom is 0.246 e. The number of hydrogen-bond acceptors (Lipinski definition) is 6. The molecule has 0 spiro atoms. The van der Waals surface area contributed by atoms with E-state index in [9.17, 15) is 4.79 Å². The average molecular weight is 434 g/mol. The Labute approximate surface area is 187 Å². The molecule has 7 nitrogen and oxygen atoms in total. The van der Waals surface area contributed by atoms with E-state index in [2.05, 4.69) is 17.0 Å². The molecule has 0 unspecified atom stereocenters. The van der Waals surface area contributed by atoms with Gasteiger partial charge in [-0.05, 0) is 42.0 Å². The zero-order valence-corrected chi connectivity index (χ0v) is 18.6. The van der Waals surface area contributed by atoms with Crippen LogP contribution in [0.2, 0.25) is 0 Å². The lowest BCUT2D eigenvalue weighted by Crippen LogP contribution is -2.48. The Hall–Kier alpha value is -3.74. The van der Waals surface area contributed by atoms with Crippen molar-refractivity contribution in [3.63, 3.8) is 0 Å². The van der Waals surface area contributed by atoms with Crippen molar-refractivity contribution in [1.29, 1.82) is 0 Å². The Morgan fingerprint density at radius 1 is 0.906 bits per heavy atom. The second-order valence-corrected chi connectivity index (χ2v) is 7.47. The molecule has 0 bridgehead atoms. The smallest absolute Gasteiger partial charge is 0.246 e. The Morgan fingerprint density at radius 3 is 2.25 bits per heavy atom. The summed E-state index contributed by atoms with van der Waals surface area (Å²) in [5.74, 6) is 2.55. The van der Waals surface area contributed by atoms with Crippen molar-refractivity contribution in [3.05, 3.63) is 60.2 Å². The zero-order chi connectivity index (χ0) is 22.5. The molecule has 1 aliphatic rings. The number of aromatic nitrogens is 1. The van der Waals surface area contributed by atoms with Crippen molar-refractivity contribution in [2.75, 3.05) is 52.4 Å². The summed E-state index contributed by atoms with van der Waals surface area (Å²) >= 11 is 0. The third-order valence-electron chi connectivity index (χ3n) is 5.60. The number of methoxy groups -OCH3 is 3. The first-order valence-corrected chi connectivity index (χ1v) is 10.5. The maximum absolute atomic E-state index is 12.7. The molecule has 1 amide bonds. The van der Waals surface area contributed by atoms with Gasteiger partial charge in [0.1, 0.15) is 5.82 Å². The molecule has 1 aliphatic heterocycles. The predicted octanol–water partition coefficient (Wildman–Crippen LogP) is 3.62. The van der Waals surface area contributed by atoms with Gasteiger partial charge in [0.2, 0.25) is 11.7 Å². The Morgan fingerprint density at radius 2 is 1.59 bits per heavy atom. The van der Waals surface area contributed by atoms with Crippen LogP contribution in [-0.2, 0) is 4.79 Å². The molecule has 2 aromatic carbocycles. The fourth-order valence-corrected chi connectivity index (χ4v) is 3.86. The van der Waals surface area contributed by atoms with Crippen molar-refractivity contribution >= 4 is 28.7 Å². The van der Waals surface area contributed by atoms with Gasteiger partial charge in [-0.2, -0.15) is 0 Å². The average Bonchev–Trinajstić information content (AvgIpc) is 2.86. The van der Waals surface area contributed by atoms with Crippen LogP contribution in [0.1, 0.15) is 5.56 Å². The van der Waals surface area contributed by atoms with Crippen LogP contribution in [0.25, 0.3) is 17.0 Å². The van der Waals surface area contributed by atoms with E-state index in [1.165, 1.54) is 0 Å². The summed E-state index contributed by atoms with van der Waals surface area (Å²) in [5.41, 5.74) is 1.78. The molecule has 166 valence electrons. The molecule has 0 radical (unpaired) electrons. The minimum absolute atomic E-state index is 0.0233. The van der Waals surface area contributed by atoms with Crippen molar-refractivity contribution in [2.24, 2.45) is 0 Å². The van der Waals surface area contributed by atoms with Crippen LogP contribution in [0.15, 0.2) is 54.6 Å². The number of para-hydroxylation sites is 1. The van der Waals surface area contributed by atoms with E-state index < -0.39 is 0 Å². The first-order valence-electron chi connectivity index (χ1n) is 10.5. The van der Waals surface area contributed by atoms with Gasteiger partial charge in [-0.3, -0.25) is 4.79 Å². The second-order valence-electron chi connectivity index (χ2n) is 7.47. The number of carbonyl (C=O) groups is 1. The molecule has 2 heterocycles. The molecule has 0 atom stereocenters. The van der Waals surface area contributed by atoms with E-state index in [1.807, 2.05) is 41.3 Å². The number of hydrogen-bond donors (Lipinski definition) is 0. The van der Waals surface area contributed by atoms with E-state index in [0.717, 1.165) is 35.4 Å². The van der Waals surface area contributed by atoms with Gasteiger partial charge in [0.25, 0.3) is 0 Å². The molecule has 0 saturated carbocycles. The number of amides is 1. The normalized spacial score (nSPS) is 14.1. The summed E-state index contributed by atoms with van der Waals surface area (Å²) in [7, 11) is 4.70. The Bertz CT molecular complexity index is 1110. The quantitative estimate of drug-likeness (QED) is 0.554. The first-order chi connectivity index (χ1) is 15.6. The van der Waals surface area contributed by atoms with Gasteiger partial charge in [-0.15, -0.1) is 0 Å². The minimum Gasteiger partial charge on any atom is -0.493 e. The number of anilines is 1. The summed E-state index contributed by atoms with van der Waals surface area (Å²) in [5, 5.41) is 1.13. The number of ether oxygens (including phenoxy) is 3. The van der Waals surface area contributed by atoms with Gasteiger partial charge in [0.05, 0.1) is 26.8 Å². The Balaban J connectivity index is 1.40. The van der Waals surface area contributed by atoms with Crippen LogP contribution in [-0.4, -0.2) is 63.3 Å². The molecular weight excluding hydrogens is 406 g/mol. The monoisotopic (exact) mass is 433 g/mol. The topological polar surface area (TPSA) is 64.1 Å². The van der Waals surface area contributed by atoms with Crippen LogP contribution in [0, 0.1) is 0 Å². The fourth-order valence-electron chi connectivity index (χ4n) is 3.86. The van der Waals surface area contributed by atoms with Crippen LogP contribution in [0.4, 0.5) is 5.82 Å². The number of pyridine rings is 1. The largest absolute Gasteiger partial charge is 0.493 e. The molecular formula is C25H27N3O4. The summed E-state index contributed by atoms with van der Waals surface area (Å²) in [4.78, 5) is 21.6. The number of piperazine rings is 1. The van der Waals surface area contributed by atoms with Crippen molar-refractivity contribution in [1.82, 2.24) is 9.88 Å². The summed E-state index contributed by atoms with van der Waals surface area (Å²) in [6, 6.07) is 15.9. The summed E-state index contributed by atoms with van der Waals surface area (Å²) < 4.78 is 16.1. The van der Waals surface area contributed by atoms with Gasteiger partial charge in [0, 0.05) is 37.6 Å². The number of benzene rings is 2.